The van der Waals surface area contributed by atoms with E-state index in [0.29, 0.717) is 0 Å². The number of nitrogens with zero attached hydrogens (tertiary/aromatic N) is 2. The third-order valence-corrected chi connectivity index (χ3v) is 1.90. The second kappa shape index (κ2) is 2.61. The molecule has 0 unspecified atom stereocenters. The lowest BCUT2D eigenvalue weighted by Crippen LogP contribution is -2.23. The summed E-state index contributed by atoms with van der Waals surface area (Å²) in [5.41, 5.74) is 4.65. The van der Waals surface area contributed by atoms with Gasteiger partial charge in [0.1, 0.15) is 4.47 Å². The number of hydrogen-bond acceptors (Lipinski definition) is 3. The molecule has 1 heterocycles. The fourth-order valence-corrected chi connectivity index (χ4v) is 0.919. The Labute approximate surface area is 70.0 Å². The average Bonchev–Trinajstić information content (AvgIpc) is 1.97. The van der Waals surface area contributed by atoms with Gasteiger partial charge in [-0.2, -0.15) is 9.37 Å². The van der Waals surface area contributed by atoms with Crippen molar-refractivity contribution in [2.24, 2.45) is 7.05 Å². The maximum absolute atomic E-state index is 12.6. The molecule has 0 aromatic carbocycles. The predicted molar refractivity (Wildman–Crippen MR) is 41.5 cm³/mol. The van der Waals surface area contributed by atoms with Crippen molar-refractivity contribution in [3.63, 3.8) is 0 Å². The fraction of sp³-hybridized carbons (Fsp3) is 0.200. The van der Waals surface area contributed by atoms with Crippen molar-refractivity contribution >= 4 is 21.9 Å². The molecule has 0 fully saturated rings. The monoisotopic (exact) mass is 221 g/mol. The van der Waals surface area contributed by atoms with Crippen LogP contribution < -0.4 is 11.3 Å². The molecule has 1 aromatic rings. The van der Waals surface area contributed by atoms with E-state index < -0.39 is 11.5 Å². The van der Waals surface area contributed by atoms with Gasteiger partial charge in [-0.3, -0.25) is 9.36 Å². The van der Waals surface area contributed by atoms with Crippen LogP contribution in [0.1, 0.15) is 0 Å². The van der Waals surface area contributed by atoms with Crippen LogP contribution in [-0.2, 0) is 7.05 Å². The van der Waals surface area contributed by atoms with Gasteiger partial charge in [-0.15, -0.1) is 0 Å². The zero-order valence-electron chi connectivity index (χ0n) is 5.64. The first kappa shape index (κ1) is 8.19. The first-order valence-electron chi connectivity index (χ1n) is 2.71. The zero-order chi connectivity index (χ0) is 8.59. The van der Waals surface area contributed by atoms with Gasteiger partial charge in [0.15, 0.2) is 0 Å². The average molecular weight is 222 g/mol. The summed E-state index contributed by atoms with van der Waals surface area (Å²) in [7, 11) is 1.41. The molecule has 1 aromatic heterocycles. The molecule has 0 atom stereocenters. The lowest BCUT2D eigenvalue weighted by molar-refractivity contribution is 0.562. The lowest BCUT2D eigenvalue weighted by Gasteiger charge is -2.01. The van der Waals surface area contributed by atoms with Crippen LogP contribution in [0.25, 0.3) is 0 Å². The van der Waals surface area contributed by atoms with Crippen LogP contribution in [0, 0.1) is 5.95 Å². The van der Waals surface area contributed by atoms with Crippen LogP contribution in [0.4, 0.5) is 10.3 Å². The Morgan fingerprint density at radius 1 is 1.73 bits per heavy atom. The quantitative estimate of drug-likeness (QED) is 0.640. The van der Waals surface area contributed by atoms with E-state index in [1.54, 1.807) is 0 Å². The minimum atomic E-state index is -0.884. The van der Waals surface area contributed by atoms with Crippen LogP contribution in [0.5, 0.6) is 0 Å². The minimum absolute atomic E-state index is 0.143. The molecule has 0 amide bonds. The predicted octanol–water partition coefficient (Wildman–Crippen LogP) is 0.264. The van der Waals surface area contributed by atoms with E-state index in [4.69, 9.17) is 5.73 Å². The number of hydrogen-bond donors (Lipinski definition) is 1. The van der Waals surface area contributed by atoms with Crippen LogP contribution in [0.2, 0.25) is 0 Å². The molecule has 1 rings (SSSR count). The third-order valence-electron chi connectivity index (χ3n) is 1.23. The summed E-state index contributed by atoms with van der Waals surface area (Å²) in [4.78, 5) is 14.2. The molecule has 6 heteroatoms. The van der Waals surface area contributed by atoms with Crippen molar-refractivity contribution in [3.8, 4) is 0 Å². The largest absolute Gasteiger partial charge is 0.369 e. The number of halogens is 2. The maximum atomic E-state index is 12.6. The van der Waals surface area contributed by atoms with E-state index >= 15 is 0 Å². The number of anilines is 1. The first-order valence-corrected chi connectivity index (χ1v) is 3.51. The highest BCUT2D eigenvalue weighted by Crippen LogP contribution is 2.07. The Kier molecular flexibility index (Phi) is 1.95. The van der Waals surface area contributed by atoms with Gasteiger partial charge in [-0.05, 0) is 15.9 Å². The first-order chi connectivity index (χ1) is 5.04. The van der Waals surface area contributed by atoms with Crippen LogP contribution >= 0.6 is 15.9 Å². The van der Waals surface area contributed by atoms with Gasteiger partial charge in [0.2, 0.25) is 11.9 Å². The van der Waals surface area contributed by atoms with Crippen molar-refractivity contribution in [3.05, 3.63) is 20.8 Å². The SMILES string of the molecule is Cn1c(N)nc(F)c(Br)c1=O. The van der Waals surface area contributed by atoms with Crippen LogP contribution in [0.15, 0.2) is 9.27 Å². The zero-order valence-corrected chi connectivity index (χ0v) is 7.22. The van der Waals surface area contributed by atoms with Crippen LogP contribution in [0.3, 0.4) is 0 Å². The maximum Gasteiger partial charge on any atom is 0.272 e. The van der Waals surface area contributed by atoms with Crippen LogP contribution in [-0.4, -0.2) is 9.55 Å². The highest BCUT2D eigenvalue weighted by atomic mass is 79.9. The van der Waals surface area contributed by atoms with Crippen molar-refractivity contribution in [2.75, 3.05) is 5.73 Å². The third kappa shape index (κ3) is 1.25. The molecule has 0 saturated carbocycles. The second-order valence-electron chi connectivity index (χ2n) is 1.94. The van der Waals surface area contributed by atoms with E-state index in [-0.39, 0.29) is 10.4 Å². The van der Waals surface area contributed by atoms with Crippen molar-refractivity contribution in [1.29, 1.82) is 0 Å². The molecule has 0 spiro atoms. The smallest absolute Gasteiger partial charge is 0.272 e. The summed E-state index contributed by atoms with van der Waals surface area (Å²) >= 11 is 2.74. The Morgan fingerprint density at radius 2 is 2.27 bits per heavy atom. The Balaban J connectivity index is 3.59. The van der Waals surface area contributed by atoms with Gasteiger partial charge >= 0.3 is 0 Å². The number of nitrogens with two attached hydrogens (primary N) is 1. The molecule has 0 bridgehead atoms. The summed E-state index contributed by atoms with van der Waals surface area (Å²) in [5.74, 6) is -1.03. The standard InChI is InChI=1S/C5H5BrFN3O/c1-10-4(11)2(6)3(7)9-5(10)8/h1H3,(H2,8,9). The molecule has 60 valence electrons. The molecular formula is C5H5BrFN3O. The molecule has 4 nitrogen and oxygen atoms in total. The van der Waals surface area contributed by atoms with Gasteiger partial charge in [-0.25, -0.2) is 0 Å². The molecule has 0 aliphatic heterocycles. The molecule has 11 heavy (non-hydrogen) atoms. The van der Waals surface area contributed by atoms with E-state index in [2.05, 4.69) is 20.9 Å². The van der Waals surface area contributed by atoms with E-state index in [1.807, 2.05) is 0 Å². The highest BCUT2D eigenvalue weighted by molar-refractivity contribution is 9.10. The summed E-state index contributed by atoms with van der Waals surface area (Å²) in [6.45, 7) is 0. The van der Waals surface area contributed by atoms with Gasteiger partial charge < -0.3 is 5.73 Å². The van der Waals surface area contributed by atoms with E-state index in [1.165, 1.54) is 7.05 Å². The van der Waals surface area contributed by atoms with E-state index in [0.717, 1.165) is 4.57 Å². The Bertz CT molecular complexity index is 319. The molecule has 0 saturated heterocycles. The number of aromatic nitrogens is 2. The highest BCUT2D eigenvalue weighted by Gasteiger charge is 2.08. The molecule has 2 N–H and O–H groups in total. The summed E-state index contributed by atoms with van der Waals surface area (Å²) in [6.07, 6.45) is 0. The van der Waals surface area contributed by atoms with Crippen molar-refractivity contribution < 1.29 is 4.39 Å². The van der Waals surface area contributed by atoms with Gasteiger partial charge in [0.05, 0.1) is 0 Å². The number of rotatable bonds is 0. The number of nitrogen functional groups attached to an aromatic ring is 1. The molecule has 0 aliphatic rings. The fourth-order valence-electron chi connectivity index (χ4n) is 0.564. The second-order valence-corrected chi connectivity index (χ2v) is 2.73. The minimum Gasteiger partial charge on any atom is -0.369 e. The Morgan fingerprint density at radius 3 is 2.82 bits per heavy atom. The van der Waals surface area contributed by atoms with Crippen molar-refractivity contribution in [1.82, 2.24) is 9.55 Å². The van der Waals surface area contributed by atoms with Crippen molar-refractivity contribution in [2.45, 2.75) is 0 Å². The summed E-state index contributed by atoms with van der Waals surface area (Å²) < 4.78 is 13.4. The summed E-state index contributed by atoms with van der Waals surface area (Å²) in [6, 6.07) is 0. The van der Waals surface area contributed by atoms with Gasteiger partial charge in [0.25, 0.3) is 5.56 Å². The molecule has 0 radical (unpaired) electrons. The summed E-state index contributed by atoms with van der Waals surface area (Å²) in [5, 5.41) is 0. The van der Waals surface area contributed by atoms with E-state index in [9.17, 15) is 9.18 Å². The lowest BCUT2D eigenvalue weighted by atomic mass is 10.6. The van der Waals surface area contributed by atoms with Gasteiger partial charge in [0, 0.05) is 7.05 Å². The van der Waals surface area contributed by atoms with Gasteiger partial charge in [-0.1, -0.05) is 0 Å². The normalized spacial score (nSPS) is 10.1. The molecular weight excluding hydrogens is 217 g/mol. The Hall–Kier alpha value is -0.910. The molecule has 0 aliphatic carbocycles. The topological polar surface area (TPSA) is 60.9 Å².